The minimum absolute atomic E-state index is 1.12. The summed E-state index contributed by atoms with van der Waals surface area (Å²) >= 11 is 0. The lowest BCUT2D eigenvalue weighted by Gasteiger charge is -2.13. The van der Waals surface area contributed by atoms with Gasteiger partial charge in [0, 0.05) is 34.9 Å². The summed E-state index contributed by atoms with van der Waals surface area (Å²) in [6.45, 7) is 8.83. The summed E-state index contributed by atoms with van der Waals surface area (Å²) in [5.41, 5.74) is 19.5. The molecule has 0 fully saturated rings. The maximum atomic E-state index is 2.36. The monoisotopic (exact) mass is 644 g/mol. The van der Waals surface area contributed by atoms with Crippen LogP contribution in [0.25, 0.3) is 67.3 Å². The fourth-order valence-electron chi connectivity index (χ4n) is 7.41. The summed E-state index contributed by atoms with van der Waals surface area (Å²) in [5, 5.41) is 0. The van der Waals surface area contributed by atoms with E-state index in [1.165, 1.54) is 66.8 Å². The first-order valence-electron chi connectivity index (χ1n) is 17.3. The van der Waals surface area contributed by atoms with Crippen LogP contribution in [0.5, 0.6) is 0 Å². The van der Waals surface area contributed by atoms with Crippen molar-refractivity contribution in [3.8, 4) is 67.3 Å². The van der Waals surface area contributed by atoms with Crippen LogP contribution < -0.4 is 0 Å². The van der Waals surface area contributed by atoms with Gasteiger partial charge >= 0.3 is 0 Å². The molecule has 0 atom stereocenters. The molecule has 0 aliphatic carbocycles. The van der Waals surface area contributed by atoms with Gasteiger partial charge in [-0.15, -0.1) is 0 Å². The van der Waals surface area contributed by atoms with Crippen molar-refractivity contribution in [2.24, 2.45) is 0 Å². The highest BCUT2D eigenvalue weighted by Crippen LogP contribution is 2.39. The molecule has 0 saturated heterocycles. The molecule has 0 aliphatic heterocycles. The fraction of sp³-hybridized carbons (Fsp3) is 0.0833. The fourth-order valence-corrected chi connectivity index (χ4v) is 7.41. The topological polar surface area (TPSA) is 9.86 Å². The Morgan fingerprint density at radius 2 is 0.840 bits per heavy atom. The molecule has 0 unspecified atom stereocenters. The minimum atomic E-state index is 1.12. The molecule has 8 aromatic rings. The van der Waals surface area contributed by atoms with E-state index in [-0.39, 0.29) is 0 Å². The van der Waals surface area contributed by atoms with Gasteiger partial charge in [0.1, 0.15) is 0 Å². The number of rotatable bonds is 7. The van der Waals surface area contributed by atoms with E-state index in [1.54, 1.807) is 0 Å². The molecule has 0 amide bonds. The van der Waals surface area contributed by atoms with Crippen molar-refractivity contribution in [2.75, 3.05) is 0 Å². The van der Waals surface area contributed by atoms with Gasteiger partial charge < -0.3 is 9.13 Å². The van der Waals surface area contributed by atoms with E-state index in [0.717, 1.165) is 22.8 Å². The summed E-state index contributed by atoms with van der Waals surface area (Å²) in [4.78, 5) is 0. The van der Waals surface area contributed by atoms with Crippen LogP contribution in [0.15, 0.2) is 170 Å². The molecular weight excluding hydrogens is 605 g/mol. The van der Waals surface area contributed by atoms with E-state index in [2.05, 4.69) is 207 Å². The average Bonchev–Trinajstić information content (AvgIpc) is 3.78. The highest BCUT2D eigenvalue weighted by Gasteiger charge is 2.19. The lowest BCUT2D eigenvalue weighted by Crippen LogP contribution is -2.00. The average molecular weight is 645 g/mol. The van der Waals surface area contributed by atoms with Crippen LogP contribution in [0.3, 0.4) is 0 Å². The van der Waals surface area contributed by atoms with Crippen molar-refractivity contribution in [1.82, 2.24) is 9.13 Å². The van der Waals surface area contributed by atoms with Gasteiger partial charge in [-0.05, 0) is 114 Å². The van der Waals surface area contributed by atoms with Crippen molar-refractivity contribution in [2.45, 2.75) is 27.7 Å². The maximum absolute atomic E-state index is 2.36. The second-order valence-electron chi connectivity index (χ2n) is 13.4. The molecule has 0 bridgehead atoms. The van der Waals surface area contributed by atoms with Crippen LogP contribution in [0.2, 0.25) is 0 Å². The number of hydrogen-bond donors (Lipinski definition) is 0. The highest BCUT2D eigenvalue weighted by molar-refractivity contribution is 5.82. The molecule has 2 heterocycles. The molecule has 6 aromatic carbocycles. The van der Waals surface area contributed by atoms with E-state index in [9.17, 15) is 0 Å². The molecule has 2 heteroatoms. The smallest absolute Gasteiger partial charge is 0.0703 e. The molecule has 0 spiro atoms. The molecule has 8 rings (SSSR count). The number of nitrogens with zero attached hydrogens (tertiary/aromatic N) is 2. The van der Waals surface area contributed by atoms with E-state index in [4.69, 9.17) is 0 Å². The molecule has 2 aromatic heterocycles. The maximum Gasteiger partial charge on any atom is 0.0703 e. The van der Waals surface area contributed by atoms with Crippen LogP contribution in [0, 0.1) is 27.7 Å². The molecular formula is C48H40N2. The number of aromatic nitrogens is 2. The van der Waals surface area contributed by atoms with Crippen LogP contribution in [0.1, 0.15) is 22.3 Å². The van der Waals surface area contributed by atoms with Crippen molar-refractivity contribution in [1.29, 1.82) is 0 Å². The number of aryl methyl sites for hydroxylation is 4. The first-order chi connectivity index (χ1) is 24.4. The molecule has 0 saturated carbocycles. The Balaban J connectivity index is 1.33. The van der Waals surface area contributed by atoms with Gasteiger partial charge in [-0.3, -0.25) is 0 Å². The summed E-state index contributed by atoms with van der Waals surface area (Å²) < 4.78 is 4.71. The van der Waals surface area contributed by atoms with Gasteiger partial charge in [0.25, 0.3) is 0 Å². The summed E-state index contributed by atoms with van der Waals surface area (Å²) in [5.74, 6) is 0. The molecule has 242 valence electrons. The first kappa shape index (κ1) is 31.2. The van der Waals surface area contributed by atoms with Crippen molar-refractivity contribution >= 4 is 0 Å². The third kappa shape index (κ3) is 5.90. The quantitative estimate of drug-likeness (QED) is 0.163. The Kier molecular flexibility index (Phi) is 8.14. The van der Waals surface area contributed by atoms with Crippen LogP contribution in [-0.2, 0) is 0 Å². The second-order valence-corrected chi connectivity index (χ2v) is 13.4. The van der Waals surface area contributed by atoms with Crippen molar-refractivity contribution < 1.29 is 0 Å². The van der Waals surface area contributed by atoms with E-state index >= 15 is 0 Å². The number of benzene rings is 6. The Bertz CT molecular complexity index is 2400. The minimum Gasteiger partial charge on any atom is -0.315 e. The van der Waals surface area contributed by atoms with Gasteiger partial charge in [-0.25, -0.2) is 0 Å². The third-order valence-electron chi connectivity index (χ3n) is 9.81. The first-order valence-corrected chi connectivity index (χ1v) is 17.3. The van der Waals surface area contributed by atoms with E-state index < -0.39 is 0 Å². The lowest BCUT2D eigenvalue weighted by molar-refractivity contribution is 1.03. The Morgan fingerprint density at radius 1 is 0.340 bits per heavy atom. The normalized spacial score (nSPS) is 11.2. The van der Waals surface area contributed by atoms with Gasteiger partial charge in [-0.1, -0.05) is 127 Å². The largest absolute Gasteiger partial charge is 0.315 e. The third-order valence-corrected chi connectivity index (χ3v) is 9.81. The lowest BCUT2D eigenvalue weighted by atomic mass is 9.92. The number of hydrogen-bond acceptors (Lipinski definition) is 0. The van der Waals surface area contributed by atoms with E-state index in [1.807, 2.05) is 0 Å². The Morgan fingerprint density at radius 3 is 1.44 bits per heavy atom. The highest BCUT2D eigenvalue weighted by atomic mass is 15.0. The van der Waals surface area contributed by atoms with Crippen molar-refractivity contribution in [3.05, 3.63) is 192 Å². The van der Waals surface area contributed by atoms with E-state index in [0.29, 0.717) is 0 Å². The number of para-hydroxylation sites is 1. The van der Waals surface area contributed by atoms with Gasteiger partial charge in [0.05, 0.1) is 11.4 Å². The summed E-state index contributed by atoms with van der Waals surface area (Å²) in [6.07, 6.45) is 4.60. The zero-order valence-corrected chi connectivity index (χ0v) is 29.1. The van der Waals surface area contributed by atoms with Crippen LogP contribution >= 0.6 is 0 Å². The Hall–Kier alpha value is -6.12. The van der Waals surface area contributed by atoms with Gasteiger partial charge in [0.2, 0.25) is 0 Å². The molecule has 0 N–H and O–H groups in total. The van der Waals surface area contributed by atoms with Gasteiger partial charge in [-0.2, -0.15) is 0 Å². The summed E-state index contributed by atoms with van der Waals surface area (Å²) in [6, 6.07) is 57.1. The SMILES string of the molecule is Cc1ccc(-c2cc(-c3cc(-c4cc(C)c(-c5ccccc5)c(C)c4)cn3-c3ccc(-c4ccccc4)cc3)n(-c3ccccc3)c2)c(C)c1. The standard InChI is InChI=1S/C48H40N2/c1-33-20-25-45(34(2)26-33)42-30-47(50(32-42)43-18-12-7-13-19-43)46-29-41(40-27-35(3)48(36(4)28-40)39-16-10-6-11-17-39)31-49(46)44-23-21-38(22-24-44)37-14-8-5-9-15-37/h5-32H,1-4H3. The molecule has 0 radical (unpaired) electrons. The van der Waals surface area contributed by atoms with Gasteiger partial charge in [0.15, 0.2) is 0 Å². The van der Waals surface area contributed by atoms with Crippen molar-refractivity contribution in [3.63, 3.8) is 0 Å². The predicted octanol–water partition coefficient (Wildman–Crippen LogP) is 12.8. The Labute approximate surface area is 295 Å². The van der Waals surface area contributed by atoms with Crippen LogP contribution in [0.4, 0.5) is 0 Å². The predicted molar refractivity (Wildman–Crippen MR) is 211 cm³/mol. The zero-order valence-electron chi connectivity index (χ0n) is 29.1. The molecule has 50 heavy (non-hydrogen) atoms. The second kappa shape index (κ2) is 13.1. The zero-order chi connectivity index (χ0) is 34.2. The molecule has 2 nitrogen and oxygen atoms in total. The summed E-state index contributed by atoms with van der Waals surface area (Å²) in [7, 11) is 0. The molecule has 0 aliphatic rings. The van der Waals surface area contributed by atoms with Crippen LogP contribution in [-0.4, -0.2) is 9.13 Å².